The average Bonchev–Trinajstić information content (AvgIpc) is 2.38. The quantitative estimate of drug-likeness (QED) is 0.794. The molecule has 1 saturated heterocycles. The van der Waals surface area contributed by atoms with Crippen LogP contribution in [0.2, 0.25) is 0 Å². The van der Waals surface area contributed by atoms with Crippen molar-refractivity contribution in [3.05, 3.63) is 0 Å². The van der Waals surface area contributed by atoms with Gasteiger partial charge in [-0.25, -0.2) is 9.59 Å². The molecule has 0 aliphatic carbocycles. The van der Waals surface area contributed by atoms with Crippen molar-refractivity contribution in [1.29, 1.82) is 0 Å². The predicted molar refractivity (Wildman–Crippen MR) is 71.1 cm³/mol. The lowest BCUT2D eigenvalue weighted by Gasteiger charge is -2.42. The van der Waals surface area contributed by atoms with Gasteiger partial charge < -0.3 is 20.1 Å². The molecule has 6 nitrogen and oxygen atoms in total. The average molecular weight is 272 g/mol. The Morgan fingerprint density at radius 2 is 2.16 bits per heavy atom. The van der Waals surface area contributed by atoms with Crippen LogP contribution in [0.25, 0.3) is 0 Å². The summed E-state index contributed by atoms with van der Waals surface area (Å²) < 4.78 is 5.03. The number of ether oxygens (including phenoxy) is 1. The lowest BCUT2D eigenvalue weighted by atomic mass is 9.89. The van der Waals surface area contributed by atoms with E-state index in [0.717, 1.165) is 19.3 Å². The Morgan fingerprint density at radius 1 is 1.47 bits per heavy atom. The molecule has 0 aromatic carbocycles. The maximum Gasteiger partial charge on any atom is 0.329 e. The number of hydrogen-bond acceptors (Lipinski definition) is 3. The van der Waals surface area contributed by atoms with Crippen LogP contribution >= 0.6 is 0 Å². The fourth-order valence-corrected chi connectivity index (χ4v) is 2.38. The van der Waals surface area contributed by atoms with E-state index in [1.807, 2.05) is 6.92 Å². The van der Waals surface area contributed by atoms with Gasteiger partial charge in [0.15, 0.2) is 0 Å². The van der Waals surface area contributed by atoms with Gasteiger partial charge in [0.05, 0.1) is 12.6 Å². The van der Waals surface area contributed by atoms with Crippen molar-refractivity contribution in [3.63, 3.8) is 0 Å². The van der Waals surface area contributed by atoms with Gasteiger partial charge in [0.2, 0.25) is 0 Å². The maximum atomic E-state index is 12.3. The molecule has 0 aromatic rings. The molecule has 2 atom stereocenters. The van der Waals surface area contributed by atoms with E-state index in [0.29, 0.717) is 19.6 Å². The number of carboxylic acid groups (broad SMARTS) is 1. The maximum absolute atomic E-state index is 12.3. The zero-order valence-electron chi connectivity index (χ0n) is 11.9. The minimum Gasteiger partial charge on any atom is -0.480 e. The van der Waals surface area contributed by atoms with Crippen molar-refractivity contribution in [2.45, 2.75) is 51.1 Å². The fraction of sp³-hybridized carbons (Fsp3) is 0.846. The largest absolute Gasteiger partial charge is 0.480 e. The zero-order valence-corrected chi connectivity index (χ0v) is 11.9. The van der Waals surface area contributed by atoms with Gasteiger partial charge in [0, 0.05) is 13.7 Å². The van der Waals surface area contributed by atoms with E-state index in [4.69, 9.17) is 4.74 Å². The molecule has 2 amide bonds. The number of aliphatic carboxylic acids is 1. The summed E-state index contributed by atoms with van der Waals surface area (Å²) in [5, 5.41) is 12.2. The number of amides is 2. The summed E-state index contributed by atoms with van der Waals surface area (Å²) in [6, 6.07) is -0.397. The topological polar surface area (TPSA) is 78.9 Å². The van der Waals surface area contributed by atoms with Crippen molar-refractivity contribution in [2.75, 3.05) is 20.3 Å². The van der Waals surface area contributed by atoms with E-state index < -0.39 is 11.5 Å². The molecule has 0 aromatic heterocycles. The molecule has 19 heavy (non-hydrogen) atoms. The normalized spacial score (nSPS) is 24.9. The number of piperidine rings is 1. The summed E-state index contributed by atoms with van der Waals surface area (Å²) in [4.78, 5) is 25.1. The Bertz CT molecular complexity index is 335. The van der Waals surface area contributed by atoms with Crippen LogP contribution in [-0.4, -0.2) is 53.8 Å². The molecule has 110 valence electrons. The minimum atomic E-state index is -1.10. The molecule has 0 spiro atoms. The van der Waals surface area contributed by atoms with Gasteiger partial charge in [0.1, 0.15) is 5.54 Å². The van der Waals surface area contributed by atoms with E-state index in [2.05, 4.69) is 5.32 Å². The van der Waals surface area contributed by atoms with Crippen molar-refractivity contribution in [2.24, 2.45) is 0 Å². The fourth-order valence-electron chi connectivity index (χ4n) is 2.38. The molecule has 1 aliphatic rings. The van der Waals surface area contributed by atoms with Crippen LogP contribution in [0.3, 0.4) is 0 Å². The van der Waals surface area contributed by atoms with Crippen LogP contribution < -0.4 is 5.32 Å². The van der Waals surface area contributed by atoms with Crippen molar-refractivity contribution in [3.8, 4) is 0 Å². The number of nitrogens with zero attached hydrogens (tertiary/aromatic N) is 1. The smallest absolute Gasteiger partial charge is 0.329 e. The highest BCUT2D eigenvalue weighted by Crippen LogP contribution is 2.28. The van der Waals surface area contributed by atoms with Gasteiger partial charge in [-0.15, -0.1) is 0 Å². The molecule has 1 fully saturated rings. The minimum absolute atomic E-state index is 0.0857. The molecule has 1 aliphatic heterocycles. The number of hydrogen-bond donors (Lipinski definition) is 2. The molecular formula is C13H24N2O4. The predicted octanol–water partition coefficient (Wildman–Crippen LogP) is 1.45. The third kappa shape index (κ3) is 3.59. The number of likely N-dealkylation sites (tertiary alicyclic amines) is 1. The Balaban J connectivity index is 2.75. The van der Waals surface area contributed by atoms with Crippen LogP contribution in [0.5, 0.6) is 0 Å². The second kappa shape index (κ2) is 6.75. The summed E-state index contributed by atoms with van der Waals surface area (Å²) in [5.41, 5.74) is -1.10. The molecule has 2 N–H and O–H groups in total. The van der Waals surface area contributed by atoms with Crippen molar-refractivity contribution < 1.29 is 19.4 Å². The number of nitrogens with one attached hydrogen (secondary N) is 1. The molecule has 1 heterocycles. The second-order valence-electron chi connectivity index (χ2n) is 5.20. The number of methoxy groups -OCH3 is 1. The SMILES string of the molecule is CCC(COC)NC(=O)N1CCCCC1(C)C(=O)O. The summed E-state index contributed by atoms with van der Waals surface area (Å²) >= 11 is 0. The van der Waals surface area contributed by atoms with E-state index in [1.54, 1.807) is 14.0 Å². The highest BCUT2D eigenvalue weighted by atomic mass is 16.5. The lowest BCUT2D eigenvalue weighted by Crippen LogP contribution is -2.61. The number of rotatable bonds is 5. The van der Waals surface area contributed by atoms with Crippen molar-refractivity contribution in [1.82, 2.24) is 10.2 Å². The van der Waals surface area contributed by atoms with Gasteiger partial charge in [0.25, 0.3) is 0 Å². The number of carboxylic acids is 1. The van der Waals surface area contributed by atoms with Crippen molar-refractivity contribution >= 4 is 12.0 Å². The van der Waals surface area contributed by atoms with E-state index in [9.17, 15) is 14.7 Å². The molecule has 6 heteroatoms. The molecule has 1 rings (SSSR count). The lowest BCUT2D eigenvalue weighted by molar-refractivity contribution is -0.150. The van der Waals surface area contributed by atoms with E-state index in [1.165, 1.54) is 4.90 Å². The van der Waals surface area contributed by atoms with Gasteiger partial charge >= 0.3 is 12.0 Å². The van der Waals surface area contributed by atoms with Crippen LogP contribution in [0.4, 0.5) is 4.79 Å². The Morgan fingerprint density at radius 3 is 2.68 bits per heavy atom. The summed E-state index contributed by atoms with van der Waals surface area (Å²) in [5.74, 6) is -0.942. The Kier molecular flexibility index (Phi) is 5.60. The van der Waals surface area contributed by atoms with Crippen LogP contribution in [0.15, 0.2) is 0 Å². The molecule has 0 bridgehead atoms. The van der Waals surface area contributed by atoms with Crippen LogP contribution in [0, 0.1) is 0 Å². The van der Waals surface area contributed by atoms with Crippen LogP contribution in [0.1, 0.15) is 39.5 Å². The van der Waals surface area contributed by atoms with Gasteiger partial charge in [-0.1, -0.05) is 6.92 Å². The number of carbonyl (C=O) groups excluding carboxylic acids is 1. The van der Waals surface area contributed by atoms with Gasteiger partial charge in [-0.2, -0.15) is 0 Å². The van der Waals surface area contributed by atoms with E-state index in [-0.39, 0.29) is 12.1 Å². The molecular weight excluding hydrogens is 248 g/mol. The van der Waals surface area contributed by atoms with Gasteiger partial charge in [-0.3, -0.25) is 0 Å². The summed E-state index contributed by atoms with van der Waals surface area (Å²) in [7, 11) is 1.58. The molecule has 0 radical (unpaired) electrons. The number of carbonyl (C=O) groups is 2. The molecule has 0 saturated carbocycles. The third-order valence-corrected chi connectivity index (χ3v) is 3.79. The summed E-state index contributed by atoms with van der Waals surface area (Å²) in [6.07, 6.45) is 2.92. The first-order chi connectivity index (χ1) is 8.95. The zero-order chi connectivity index (χ0) is 14.5. The monoisotopic (exact) mass is 272 g/mol. The van der Waals surface area contributed by atoms with Gasteiger partial charge in [-0.05, 0) is 32.6 Å². The highest BCUT2D eigenvalue weighted by Gasteiger charge is 2.44. The first kappa shape index (κ1) is 15.8. The third-order valence-electron chi connectivity index (χ3n) is 3.79. The van der Waals surface area contributed by atoms with E-state index >= 15 is 0 Å². The van der Waals surface area contributed by atoms with Crippen LogP contribution in [-0.2, 0) is 9.53 Å². The highest BCUT2D eigenvalue weighted by molar-refractivity contribution is 5.86. The molecule has 2 unspecified atom stereocenters. The summed E-state index contributed by atoms with van der Waals surface area (Å²) in [6.45, 7) is 4.49. The first-order valence-corrected chi connectivity index (χ1v) is 6.76. The Hall–Kier alpha value is -1.30. The Labute approximate surface area is 114 Å². The number of urea groups is 1. The second-order valence-corrected chi connectivity index (χ2v) is 5.20. The standard InChI is InChI=1S/C13H24N2O4/c1-4-10(9-19-3)14-12(18)15-8-6-5-7-13(15,2)11(16)17/h10H,4-9H2,1-3H3,(H,14,18)(H,16,17). The first-order valence-electron chi connectivity index (χ1n) is 6.76.